The molecule has 0 saturated carbocycles. The fourth-order valence-electron chi connectivity index (χ4n) is 4.28. The van der Waals surface area contributed by atoms with Crippen LogP contribution in [-0.4, -0.2) is 26.8 Å². The fraction of sp³-hybridized carbons (Fsp3) is 0.238. The van der Waals surface area contributed by atoms with Gasteiger partial charge in [-0.1, -0.05) is 25.1 Å². The minimum atomic E-state index is -1.84. The number of ether oxygens (including phenoxy) is 1. The van der Waals surface area contributed by atoms with Gasteiger partial charge >= 0.3 is 5.97 Å². The van der Waals surface area contributed by atoms with E-state index in [4.69, 9.17) is 15.6 Å². The van der Waals surface area contributed by atoms with E-state index in [1.165, 1.54) is 0 Å². The van der Waals surface area contributed by atoms with Crippen molar-refractivity contribution in [3.63, 3.8) is 0 Å². The predicted octanol–water partition coefficient (Wildman–Crippen LogP) is 1.37. The van der Waals surface area contributed by atoms with Crippen LogP contribution in [0.3, 0.4) is 0 Å². The molecule has 0 radical (unpaired) electrons. The summed E-state index contributed by atoms with van der Waals surface area (Å²) in [6, 6.07) is 9.28. The summed E-state index contributed by atoms with van der Waals surface area (Å²) in [5.41, 5.74) is 1.99. The van der Waals surface area contributed by atoms with Gasteiger partial charge in [-0.15, -0.1) is 0 Å². The quantitative estimate of drug-likeness (QED) is 0.231. The average Bonchev–Trinajstić information content (AvgIpc) is 3.10. The van der Waals surface area contributed by atoms with E-state index in [1.54, 1.807) is 23.8 Å². The topological polar surface area (TPSA) is 120 Å². The van der Waals surface area contributed by atoms with Crippen molar-refractivity contribution in [2.45, 2.75) is 32.1 Å². The van der Waals surface area contributed by atoms with E-state index in [1.807, 2.05) is 24.3 Å². The standard InChI is InChI=1S/C21H18N4O4/c1-2-21(28)15-7-17-18-13(9-25(17)19(26)14(15)10-29-20(21)27)12(8-23-22)11-5-3-4-6-16(11)24-18/h3-8,28H,2,9-10,22H2,1H3/b23-8+/t21-/m0/s1. The second kappa shape index (κ2) is 5.99. The largest absolute Gasteiger partial charge is 0.458 e. The number of esters is 1. The number of carbonyl (C=O) groups is 1. The smallest absolute Gasteiger partial charge is 0.343 e. The van der Waals surface area contributed by atoms with Gasteiger partial charge in [-0.2, -0.15) is 5.10 Å². The number of aliphatic hydroxyl groups is 1. The molecule has 0 aliphatic carbocycles. The van der Waals surface area contributed by atoms with Crippen LogP contribution in [0.4, 0.5) is 0 Å². The Morgan fingerprint density at radius 3 is 2.90 bits per heavy atom. The number of hydrogen-bond acceptors (Lipinski definition) is 7. The maximum absolute atomic E-state index is 13.2. The first-order valence-electron chi connectivity index (χ1n) is 9.31. The summed E-state index contributed by atoms with van der Waals surface area (Å²) in [7, 11) is 0. The lowest BCUT2D eigenvalue weighted by Gasteiger charge is -2.31. The van der Waals surface area contributed by atoms with Crippen molar-refractivity contribution in [2.75, 3.05) is 0 Å². The maximum atomic E-state index is 13.2. The zero-order chi connectivity index (χ0) is 20.3. The van der Waals surface area contributed by atoms with Crippen molar-refractivity contribution in [2.24, 2.45) is 10.9 Å². The SMILES string of the molecule is CC[C@@]1(O)C(=O)OCc2c1cc1n(c2=O)Cc2c-1nc1ccccc1c2/C=N/N. The summed E-state index contributed by atoms with van der Waals surface area (Å²) < 4.78 is 6.69. The number of para-hydroxylation sites is 1. The molecule has 2 aliphatic heterocycles. The van der Waals surface area contributed by atoms with Gasteiger partial charge in [-0.25, -0.2) is 9.78 Å². The summed E-state index contributed by atoms with van der Waals surface area (Å²) in [5.74, 6) is 4.70. The second-order valence-electron chi connectivity index (χ2n) is 7.25. The van der Waals surface area contributed by atoms with E-state index in [0.717, 1.165) is 22.0 Å². The third kappa shape index (κ3) is 2.23. The van der Waals surface area contributed by atoms with Gasteiger partial charge in [0, 0.05) is 22.1 Å². The molecule has 5 rings (SSSR count). The predicted molar refractivity (Wildman–Crippen MR) is 106 cm³/mol. The second-order valence-corrected chi connectivity index (χ2v) is 7.25. The van der Waals surface area contributed by atoms with Crippen molar-refractivity contribution in [3.05, 3.63) is 62.9 Å². The summed E-state index contributed by atoms with van der Waals surface area (Å²) in [6.45, 7) is 1.82. The summed E-state index contributed by atoms with van der Waals surface area (Å²) in [4.78, 5) is 30.2. The van der Waals surface area contributed by atoms with Crippen LogP contribution >= 0.6 is 0 Å². The van der Waals surface area contributed by atoms with Crippen LogP contribution in [0.5, 0.6) is 0 Å². The number of nitrogens with two attached hydrogens (primary N) is 1. The van der Waals surface area contributed by atoms with Crippen molar-refractivity contribution >= 4 is 23.1 Å². The number of rotatable bonds is 2. The number of hydrogen-bond donors (Lipinski definition) is 2. The zero-order valence-electron chi connectivity index (χ0n) is 15.7. The van der Waals surface area contributed by atoms with Gasteiger partial charge < -0.3 is 20.3 Å². The van der Waals surface area contributed by atoms with Crippen LogP contribution in [0.15, 0.2) is 40.2 Å². The van der Waals surface area contributed by atoms with Crippen LogP contribution in [0.25, 0.3) is 22.3 Å². The Morgan fingerprint density at radius 2 is 2.14 bits per heavy atom. The molecule has 1 aromatic carbocycles. The highest BCUT2D eigenvalue weighted by atomic mass is 16.6. The summed E-state index contributed by atoms with van der Waals surface area (Å²) in [5, 5.41) is 15.5. The molecule has 0 amide bonds. The van der Waals surface area contributed by atoms with Gasteiger partial charge in [0.05, 0.1) is 35.2 Å². The van der Waals surface area contributed by atoms with Gasteiger partial charge in [-0.3, -0.25) is 4.79 Å². The molecular formula is C21H18N4O4. The number of fused-ring (bicyclic) bond motifs is 5. The molecule has 2 aromatic heterocycles. The monoisotopic (exact) mass is 390 g/mol. The fourth-order valence-corrected chi connectivity index (χ4v) is 4.28. The Labute approximate surface area is 165 Å². The number of cyclic esters (lactones) is 1. The first-order chi connectivity index (χ1) is 14.0. The van der Waals surface area contributed by atoms with Crippen LogP contribution in [-0.2, 0) is 28.3 Å². The summed E-state index contributed by atoms with van der Waals surface area (Å²) in [6.07, 6.45) is 1.67. The lowest BCUT2D eigenvalue weighted by atomic mass is 9.86. The van der Waals surface area contributed by atoms with Crippen molar-refractivity contribution in [1.29, 1.82) is 0 Å². The molecule has 3 aromatic rings. The highest BCUT2D eigenvalue weighted by Gasteiger charge is 2.45. The Balaban J connectivity index is 1.85. The molecular weight excluding hydrogens is 372 g/mol. The Bertz CT molecular complexity index is 1290. The van der Waals surface area contributed by atoms with Gasteiger partial charge in [0.15, 0.2) is 5.60 Å². The molecule has 2 aliphatic rings. The highest BCUT2D eigenvalue weighted by molar-refractivity contribution is 6.02. The van der Waals surface area contributed by atoms with E-state index in [9.17, 15) is 14.7 Å². The van der Waals surface area contributed by atoms with Crippen LogP contribution in [0.2, 0.25) is 0 Å². The van der Waals surface area contributed by atoms with E-state index < -0.39 is 11.6 Å². The molecule has 29 heavy (non-hydrogen) atoms. The third-order valence-electron chi connectivity index (χ3n) is 5.84. The van der Waals surface area contributed by atoms with Gasteiger partial charge in [0.25, 0.3) is 5.56 Å². The van der Waals surface area contributed by atoms with E-state index in [0.29, 0.717) is 29.1 Å². The molecule has 8 nitrogen and oxygen atoms in total. The molecule has 0 spiro atoms. The molecule has 3 N–H and O–H groups in total. The zero-order valence-corrected chi connectivity index (χ0v) is 15.7. The minimum absolute atomic E-state index is 0.102. The molecule has 1 atom stereocenters. The lowest BCUT2D eigenvalue weighted by Crippen LogP contribution is -2.44. The number of aromatic nitrogens is 2. The molecule has 8 heteroatoms. The van der Waals surface area contributed by atoms with E-state index >= 15 is 0 Å². The molecule has 146 valence electrons. The maximum Gasteiger partial charge on any atom is 0.343 e. The molecule has 0 saturated heterocycles. The number of benzene rings is 1. The first-order valence-corrected chi connectivity index (χ1v) is 9.31. The van der Waals surface area contributed by atoms with Crippen LogP contribution < -0.4 is 11.4 Å². The molecule has 4 heterocycles. The van der Waals surface area contributed by atoms with Crippen molar-refractivity contribution in [1.82, 2.24) is 9.55 Å². The molecule has 0 fully saturated rings. The van der Waals surface area contributed by atoms with Gasteiger partial charge in [-0.05, 0) is 18.6 Å². The molecule has 0 bridgehead atoms. The van der Waals surface area contributed by atoms with Crippen molar-refractivity contribution < 1.29 is 14.6 Å². The minimum Gasteiger partial charge on any atom is -0.458 e. The lowest BCUT2D eigenvalue weighted by molar-refractivity contribution is -0.172. The number of carbonyl (C=O) groups excluding carboxylic acids is 1. The first kappa shape index (κ1) is 17.6. The highest BCUT2D eigenvalue weighted by Crippen LogP contribution is 2.39. The Morgan fingerprint density at radius 1 is 1.34 bits per heavy atom. The number of pyridine rings is 2. The van der Waals surface area contributed by atoms with Gasteiger partial charge in [0.1, 0.15) is 6.61 Å². The Hall–Kier alpha value is -3.52. The summed E-state index contributed by atoms with van der Waals surface area (Å²) >= 11 is 0. The average molecular weight is 390 g/mol. The number of nitrogens with zero attached hydrogens (tertiary/aromatic N) is 3. The van der Waals surface area contributed by atoms with E-state index in [-0.39, 0.29) is 18.6 Å². The number of hydrazone groups is 1. The normalized spacial score (nSPS) is 19.9. The molecule has 0 unspecified atom stereocenters. The van der Waals surface area contributed by atoms with Crippen LogP contribution in [0, 0.1) is 0 Å². The van der Waals surface area contributed by atoms with Crippen molar-refractivity contribution in [3.8, 4) is 11.4 Å². The Kier molecular flexibility index (Phi) is 3.63. The third-order valence-corrected chi connectivity index (χ3v) is 5.84. The van der Waals surface area contributed by atoms with Gasteiger partial charge in [0.2, 0.25) is 0 Å². The van der Waals surface area contributed by atoms with Crippen LogP contribution in [0.1, 0.15) is 35.6 Å². The van der Waals surface area contributed by atoms with E-state index in [2.05, 4.69) is 5.10 Å².